The monoisotopic (exact) mass is 564 g/mol. The minimum atomic E-state index is 0. The number of aliphatic hydroxyl groups excluding tert-OH is 1. The van der Waals surface area contributed by atoms with Crippen LogP contribution in [0.3, 0.4) is 0 Å². The summed E-state index contributed by atoms with van der Waals surface area (Å²) in [4.78, 5) is 7.24. The van der Waals surface area contributed by atoms with Gasteiger partial charge < -0.3 is 25.4 Å². The summed E-state index contributed by atoms with van der Waals surface area (Å²) in [6.45, 7) is 7.96. The van der Waals surface area contributed by atoms with E-state index in [0.717, 1.165) is 58.0 Å². The van der Waals surface area contributed by atoms with E-state index in [9.17, 15) is 5.11 Å². The summed E-state index contributed by atoms with van der Waals surface area (Å²) < 4.78 is 5.60. The molecule has 4 rings (SSSR count). The van der Waals surface area contributed by atoms with E-state index in [1.165, 1.54) is 22.4 Å². The molecular formula is C26H37IN4O2. The fraction of sp³-hybridized carbons (Fsp3) is 0.500. The van der Waals surface area contributed by atoms with Gasteiger partial charge in [-0.25, -0.2) is 4.99 Å². The van der Waals surface area contributed by atoms with Crippen molar-refractivity contribution in [3.05, 3.63) is 65.2 Å². The van der Waals surface area contributed by atoms with Crippen molar-refractivity contribution < 1.29 is 9.84 Å². The molecule has 0 radical (unpaired) electrons. The van der Waals surface area contributed by atoms with E-state index >= 15 is 0 Å². The first-order chi connectivity index (χ1) is 15.7. The van der Waals surface area contributed by atoms with Crippen molar-refractivity contribution in [1.82, 2.24) is 10.6 Å². The molecule has 2 aromatic rings. The van der Waals surface area contributed by atoms with Crippen LogP contribution in [0.2, 0.25) is 0 Å². The van der Waals surface area contributed by atoms with Crippen LogP contribution in [0.5, 0.6) is 0 Å². The predicted octanol–water partition coefficient (Wildman–Crippen LogP) is 3.71. The van der Waals surface area contributed by atoms with Crippen molar-refractivity contribution in [2.45, 2.75) is 39.3 Å². The molecule has 1 unspecified atom stereocenters. The Morgan fingerprint density at radius 3 is 2.64 bits per heavy atom. The molecule has 1 saturated heterocycles. The number of fused-ring (bicyclic) bond motifs is 1. The van der Waals surface area contributed by atoms with Crippen LogP contribution >= 0.6 is 24.0 Å². The molecule has 0 bridgehead atoms. The maximum atomic E-state index is 9.44. The van der Waals surface area contributed by atoms with Crippen molar-refractivity contribution in [2.24, 2.45) is 10.4 Å². The first-order valence-corrected chi connectivity index (χ1v) is 11.8. The van der Waals surface area contributed by atoms with Crippen molar-refractivity contribution in [3.63, 3.8) is 0 Å². The molecular weight excluding hydrogens is 527 g/mol. The van der Waals surface area contributed by atoms with Crippen LogP contribution < -0.4 is 15.5 Å². The highest BCUT2D eigenvalue weighted by Crippen LogP contribution is 2.31. The van der Waals surface area contributed by atoms with Gasteiger partial charge in [-0.3, -0.25) is 0 Å². The summed E-state index contributed by atoms with van der Waals surface area (Å²) in [6, 6.07) is 17.5. The van der Waals surface area contributed by atoms with Crippen LogP contribution in [-0.4, -0.2) is 50.5 Å². The molecule has 180 valence electrons. The van der Waals surface area contributed by atoms with E-state index in [1.54, 1.807) is 0 Å². The Morgan fingerprint density at radius 1 is 1.12 bits per heavy atom. The number of aliphatic hydroxyl groups is 1. The van der Waals surface area contributed by atoms with E-state index in [1.807, 2.05) is 0 Å². The molecule has 2 aliphatic rings. The first kappa shape index (κ1) is 25.8. The first-order valence-electron chi connectivity index (χ1n) is 11.8. The third kappa shape index (κ3) is 6.83. The lowest BCUT2D eigenvalue weighted by molar-refractivity contribution is 0.127. The largest absolute Gasteiger partial charge is 0.396 e. The van der Waals surface area contributed by atoms with Crippen molar-refractivity contribution in [1.29, 1.82) is 0 Å². The highest BCUT2D eigenvalue weighted by molar-refractivity contribution is 14.0. The highest BCUT2D eigenvalue weighted by Gasteiger charge is 2.34. The van der Waals surface area contributed by atoms with Gasteiger partial charge in [0.05, 0.1) is 13.2 Å². The molecule has 1 atom stereocenters. The summed E-state index contributed by atoms with van der Waals surface area (Å²) in [5, 5.41) is 16.2. The second-order valence-corrected chi connectivity index (χ2v) is 8.94. The van der Waals surface area contributed by atoms with Crippen LogP contribution in [0.15, 0.2) is 53.5 Å². The Morgan fingerprint density at radius 2 is 1.91 bits per heavy atom. The maximum absolute atomic E-state index is 9.44. The fourth-order valence-electron chi connectivity index (χ4n) is 4.64. The summed E-state index contributed by atoms with van der Waals surface area (Å²) in [5.41, 5.74) is 5.34. The van der Waals surface area contributed by atoms with E-state index in [2.05, 4.69) is 71.0 Å². The number of nitrogens with one attached hydrogen (secondary N) is 2. The van der Waals surface area contributed by atoms with Crippen molar-refractivity contribution >= 4 is 35.6 Å². The number of para-hydroxylation sites is 1. The van der Waals surface area contributed by atoms with Crippen molar-refractivity contribution in [3.8, 4) is 0 Å². The number of hydrogen-bond donors (Lipinski definition) is 3. The Balaban J connectivity index is 0.00000306. The summed E-state index contributed by atoms with van der Waals surface area (Å²) in [7, 11) is 0. The second-order valence-electron chi connectivity index (χ2n) is 8.94. The smallest absolute Gasteiger partial charge is 0.191 e. The zero-order valence-corrected chi connectivity index (χ0v) is 21.9. The Hall–Kier alpha value is -1.84. The lowest BCUT2D eigenvalue weighted by atomic mass is 9.84. The number of anilines is 1. The number of nitrogens with zero attached hydrogens (tertiary/aromatic N) is 2. The average molecular weight is 565 g/mol. The van der Waals surface area contributed by atoms with Gasteiger partial charge in [-0.15, -0.1) is 24.0 Å². The normalized spacial score (nSPS) is 19.8. The van der Waals surface area contributed by atoms with Gasteiger partial charge in [0.15, 0.2) is 5.96 Å². The van der Waals surface area contributed by atoms with Gasteiger partial charge in [-0.2, -0.15) is 0 Å². The Labute approximate surface area is 214 Å². The Kier molecular flexibility index (Phi) is 9.82. The lowest BCUT2D eigenvalue weighted by Crippen LogP contribution is -2.44. The third-order valence-electron chi connectivity index (χ3n) is 6.60. The quantitative estimate of drug-likeness (QED) is 0.246. The molecule has 2 aliphatic heterocycles. The summed E-state index contributed by atoms with van der Waals surface area (Å²) in [5.74, 6) is 0.814. The molecule has 1 fully saturated rings. The minimum absolute atomic E-state index is 0. The van der Waals surface area contributed by atoms with Crippen LogP contribution in [0, 0.1) is 5.41 Å². The number of benzene rings is 2. The number of ether oxygens (including phenoxy) is 1. The molecule has 33 heavy (non-hydrogen) atoms. The molecule has 0 aromatic heterocycles. The zero-order chi connectivity index (χ0) is 22.2. The van der Waals surface area contributed by atoms with E-state index in [-0.39, 0.29) is 36.0 Å². The third-order valence-corrected chi connectivity index (χ3v) is 6.60. The molecule has 0 saturated carbocycles. The van der Waals surface area contributed by atoms with Crippen LogP contribution in [0.1, 0.15) is 36.5 Å². The molecule has 3 N–H and O–H groups in total. The van der Waals surface area contributed by atoms with Crippen LogP contribution in [-0.2, 0) is 24.2 Å². The van der Waals surface area contributed by atoms with E-state index in [0.29, 0.717) is 13.2 Å². The molecule has 0 amide bonds. The molecule has 2 aromatic carbocycles. The van der Waals surface area contributed by atoms with Crippen molar-refractivity contribution in [2.75, 3.05) is 44.4 Å². The van der Waals surface area contributed by atoms with Gasteiger partial charge in [0.1, 0.15) is 0 Å². The standard InChI is InChI=1S/C26H36N4O2.HI/c1-2-27-25(29-19-26(12-15-31)13-16-32-20-26)28-17-21-7-9-22(10-8-21)18-30-14-11-23-5-3-4-6-24(23)30;/h3-10,31H,2,11-20H2,1H3,(H2,27,28,29);1H. The Bertz CT molecular complexity index is 897. The zero-order valence-electron chi connectivity index (χ0n) is 19.6. The predicted molar refractivity (Wildman–Crippen MR) is 145 cm³/mol. The number of aliphatic imine (C=N–C) groups is 1. The second kappa shape index (κ2) is 12.6. The topological polar surface area (TPSA) is 69.1 Å². The summed E-state index contributed by atoms with van der Waals surface area (Å²) in [6.07, 6.45) is 2.86. The molecule has 7 heteroatoms. The fourth-order valence-corrected chi connectivity index (χ4v) is 4.64. The molecule has 0 aliphatic carbocycles. The average Bonchev–Trinajstić information content (AvgIpc) is 3.45. The van der Waals surface area contributed by atoms with Gasteiger partial charge in [-0.1, -0.05) is 42.5 Å². The molecule has 2 heterocycles. The summed E-state index contributed by atoms with van der Waals surface area (Å²) >= 11 is 0. The van der Waals surface area contributed by atoms with Gasteiger partial charge in [0.25, 0.3) is 0 Å². The minimum Gasteiger partial charge on any atom is -0.396 e. The van der Waals surface area contributed by atoms with E-state index in [4.69, 9.17) is 9.73 Å². The SMILES string of the molecule is CCNC(=NCc1ccc(CN2CCc3ccccc32)cc1)NCC1(CCO)CCOC1.I. The number of hydrogen-bond acceptors (Lipinski definition) is 4. The van der Waals surface area contributed by atoms with Gasteiger partial charge in [0, 0.05) is 50.5 Å². The molecule has 6 nitrogen and oxygen atoms in total. The van der Waals surface area contributed by atoms with Gasteiger partial charge >= 0.3 is 0 Å². The number of guanidine groups is 1. The van der Waals surface area contributed by atoms with Gasteiger partial charge in [-0.05, 0) is 48.9 Å². The maximum Gasteiger partial charge on any atom is 0.191 e. The lowest BCUT2D eigenvalue weighted by Gasteiger charge is -2.27. The number of halogens is 1. The number of rotatable bonds is 9. The van der Waals surface area contributed by atoms with E-state index < -0.39 is 0 Å². The van der Waals surface area contributed by atoms with Crippen LogP contribution in [0.4, 0.5) is 5.69 Å². The van der Waals surface area contributed by atoms with Crippen LogP contribution in [0.25, 0.3) is 0 Å². The molecule has 0 spiro atoms. The highest BCUT2D eigenvalue weighted by atomic mass is 127. The van der Waals surface area contributed by atoms with Gasteiger partial charge in [0.2, 0.25) is 0 Å².